The second kappa shape index (κ2) is 51.4. The van der Waals surface area contributed by atoms with E-state index < -0.39 is 0 Å². The predicted molar refractivity (Wildman–Crippen MR) is 214 cm³/mol. The molecule has 0 aliphatic rings. The summed E-state index contributed by atoms with van der Waals surface area (Å²) >= 11 is 3.31. The summed E-state index contributed by atoms with van der Waals surface area (Å²) in [6.07, 6.45) is 33.0. The minimum Gasteiger partial charge on any atom is -0.582 e. The summed E-state index contributed by atoms with van der Waals surface area (Å²) in [5.74, 6) is 0. The average molecular weight is 1100 g/mol. The summed E-state index contributed by atoms with van der Waals surface area (Å²) < 4.78 is 0. The molecule has 0 saturated carbocycles. The molecular weight excluding hydrogens is 1030 g/mol. The zero-order valence-corrected chi connectivity index (χ0v) is 38.8. The quantitative estimate of drug-likeness (QED) is 0.0736. The van der Waals surface area contributed by atoms with Crippen LogP contribution in [0.4, 0.5) is 0 Å². The summed E-state index contributed by atoms with van der Waals surface area (Å²) in [5.41, 5.74) is 0. The molecule has 4 rings (SSSR count). The van der Waals surface area contributed by atoms with Gasteiger partial charge in [0.1, 0.15) is 0 Å². The van der Waals surface area contributed by atoms with Crippen LogP contribution in [0.2, 0.25) is 0 Å². The van der Waals surface area contributed by atoms with Crippen LogP contribution in [0.3, 0.4) is 0 Å². The third-order valence-electron chi connectivity index (χ3n) is 6.47. The van der Waals surface area contributed by atoms with Crippen molar-refractivity contribution in [1.29, 1.82) is 0 Å². The maximum atomic E-state index is 3.47. The molecule has 4 aromatic heterocycles. The molecule has 0 aliphatic carbocycles. The fraction of sp³-hybridized carbons (Fsp3) is 0.632. The molecule has 4 nitrogen and oxygen atoms in total. The Morgan fingerprint density at radius 1 is 0.500 bits per heavy atom. The fourth-order valence-corrected chi connectivity index (χ4v) is 10.4. The van der Waals surface area contributed by atoms with Crippen LogP contribution in [-0.4, -0.2) is 47.2 Å². The van der Waals surface area contributed by atoms with Gasteiger partial charge in [0.15, 0.2) is 0 Å². The molecule has 0 N–H and O–H groups in total. The van der Waals surface area contributed by atoms with Crippen LogP contribution in [0.5, 0.6) is 0 Å². The minimum absolute atomic E-state index is 0. The average Bonchev–Trinajstić information content (AvgIpc) is 3.94. The normalized spacial score (nSPS) is 9.33. The standard InChI is InChI=1S/2C12H27P.2C4H3S.2C3H3N2.2Pt/c2*1-4-7-10-13(11-8-5-2)12-9-6-3;4*1-2-4-5-3-1;;/h2*4-12H2,1-3H3;2*1,3-4H;2*1-3H;;/q;;4*-1;2*+2. The topological polar surface area (TPSA) is 54.0 Å². The van der Waals surface area contributed by atoms with E-state index in [0.29, 0.717) is 15.8 Å². The van der Waals surface area contributed by atoms with Crippen LogP contribution in [0.1, 0.15) is 119 Å². The van der Waals surface area contributed by atoms with Crippen molar-refractivity contribution < 1.29 is 42.1 Å². The van der Waals surface area contributed by atoms with Gasteiger partial charge >= 0.3 is 42.1 Å². The number of hydrogen-bond donors (Lipinski definition) is 0. The van der Waals surface area contributed by atoms with Crippen molar-refractivity contribution in [3.05, 3.63) is 82.7 Å². The van der Waals surface area contributed by atoms with Gasteiger partial charge in [-0.2, -0.15) is 23.2 Å². The maximum absolute atomic E-state index is 3.47. The van der Waals surface area contributed by atoms with Gasteiger partial charge in [-0.25, -0.2) is 24.3 Å². The Hall–Kier alpha value is 0.0566. The number of rotatable bonds is 18. The Morgan fingerprint density at radius 3 is 0.896 bits per heavy atom. The van der Waals surface area contributed by atoms with Crippen molar-refractivity contribution in [3.8, 4) is 0 Å². The molecule has 0 atom stereocenters. The molecule has 0 unspecified atom stereocenters. The SMILES string of the molecule is CCCCP(CCCC)CCCC.CCCCP(CCCC)CCCC.[Pt+2].[Pt+2].[c-]1ccsc1.[c-]1ccsc1.c1cn[n-]c1.c1cn[n-]c1. The number of hydrogen-bond acceptors (Lipinski definition) is 4. The molecule has 48 heavy (non-hydrogen) atoms. The minimum atomic E-state index is 0. The second-order valence-corrected chi connectivity index (χ2v) is 17.6. The summed E-state index contributed by atoms with van der Waals surface area (Å²) in [7, 11) is 0.843. The first kappa shape index (κ1) is 54.8. The molecule has 0 bridgehead atoms. The Bertz CT molecular complexity index is 681. The van der Waals surface area contributed by atoms with E-state index in [2.05, 4.69) is 74.1 Å². The number of aromatic nitrogens is 4. The first-order valence-corrected chi connectivity index (χ1v) is 23.4. The van der Waals surface area contributed by atoms with Gasteiger partial charge in [-0.1, -0.05) is 92.2 Å². The molecule has 10 heteroatoms. The summed E-state index contributed by atoms with van der Waals surface area (Å²) in [4.78, 5) is 0. The van der Waals surface area contributed by atoms with Crippen molar-refractivity contribution in [1.82, 2.24) is 20.4 Å². The third kappa shape index (κ3) is 48.2. The molecule has 0 spiro atoms. The van der Waals surface area contributed by atoms with Crippen LogP contribution in [0.15, 0.2) is 70.6 Å². The van der Waals surface area contributed by atoms with Crippen molar-refractivity contribution in [2.45, 2.75) is 119 Å². The first-order chi connectivity index (χ1) is 22.7. The Kier molecular flexibility index (Phi) is 58.7. The van der Waals surface area contributed by atoms with Gasteiger partial charge in [-0.15, -0.1) is 26.6 Å². The van der Waals surface area contributed by atoms with Gasteiger partial charge in [-0.05, 0) is 75.5 Å². The monoisotopic (exact) mass is 1090 g/mol. The zero-order valence-electron chi connectivity index (χ0n) is 30.8. The molecule has 0 aromatic carbocycles. The van der Waals surface area contributed by atoms with Gasteiger partial charge in [-0.3, -0.25) is 22.7 Å². The van der Waals surface area contributed by atoms with Crippen LogP contribution < -0.4 is 10.2 Å². The number of thiophene rings is 2. The fourth-order valence-electron chi connectivity index (χ4n) is 3.74. The molecule has 0 saturated heterocycles. The summed E-state index contributed by atoms with van der Waals surface area (Å²) in [5, 5.41) is 21.7. The van der Waals surface area contributed by atoms with Gasteiger partial charge < -0.3 is 20.4 Å². The van der Waals surface area contributed by atoms with Crippen LogP contribution >= 0.6 is 38.5 Å². The van der Waals surface area contributed by atoms with E-state index >= 15 is 0 Å². The Balaban J connectivity index is -0.000000253. The Labute approximate surface area is 336 Å². The van der Waals surface area contributed by atoms with Gasteiger partial charge in [0.05, 0.1) is 0 Å². The van der Waals surface area contributed by atoms with E-state index in [1.165, 1.54) is 77.0 Å². The molecule has 280 valence electrons. The third-order valence-corrected chi connectivity index (χ3v) is 13.3. The van der Waals surface area contributed by atoms with E-state index in [1.54, 1.807) is 96.6 Å². The van der Waals surface area contributed by atoms with Crippen molar-refractivity contribution in [3.63, 3.8) is 0 Å². The van der Waals surface area contributed by atoms with Crippen LogP contribution in [0.25, 0.3) is 0 Å². The van der Waals surface area contributed by atoms with Gasteiger partial charge in [0.25, 0.3) is 0 Å². The molecule has 0 radical (unpaired) electrons. The zero-order chi connectivity index (χ0) is 34.0. The molecule has 0 amide bonds. The molecule has 4 aromatic rings. The van der Waals surface area contributed by atoms with Crippen molar-refractivity contribution >= 4 is 38.5 Å². The predicted octanol–water partition coefficient (Wildman–Crippen LogP) is 12.9. The maximum Gasteiger partial charge on any atom is 2.00 e. The smallest absolute Gasteiger partial charge is 0.582 e. The van der Waals surface area contributed by atoms with E-state index in [1.807, 2.05) is 33.7 Å². The molecule has 0 fully saturated rings. The van der Waals surface area contributed by atoms with Gasteiger partial charge in [0.2, 0.25) is 0 Å². The summed E-state index contributed by atoms with van der Waals surface area (Å²) in [6.45, 7) is 13.9. The first-order valence-electron chi connectivity index (χ1n) is 17.7. The largest absolute Gasteiger partial charge is 2.00 e. The van der Waals surface area contributed by atoms with Crippen molar-refractivity contribution in [2.24, 2.45) is 0 Å². The Morgan fingerprint density at radius 2 is 0.792 bits per heavy atom. The van der Waals surface area contributed by atoms with Crippen LogP contribution in [0, 0.1) is 12.1 Å². The van der Waals surface area contributed by atoms with Crippen LogP contribution in [-0.2, 0) is 42.1 Å². The van der Waals surface area contributed by atoms with E-state index in [-0.39, 0.29) is 42.1 Å². The number of unbranched alkanes of at least 4 members (excludes halogenated alkanes) is 6. The second-order valence-electron chi connectivity index (χ2n) is 10.7. The van der Waals surface area contributed by atoms with E-state index in [9.17, 15) is 0 Å². The molecular formula is C38H66N4P2Pt2S2. The molecule has 4 heterocycles. The van der Waals surface area contributed by atoms with E-state index in [4.69, 9.17) is 0 Å². The van der Waals surface area contributed by atoms with Crippen molar-refractivity contribution in [2.75, 3.05) is 37.0 Å². The van der Waals surface area contributed by atoms with Gasteiger partial charge in [0, 0.05) is 12.4 Å². The molecule has 0 aliphatic heterocycles. The van der Waals surface area contributed by atoms with E-state index in [0.717, 1.165) is 0 Å². The summed E-state index contributed by atoms with van der Waals surface area (Å²) in [6, 6.07) is 13.1. The number of nitrogens with zero attached hydrogens (tertiary/aromatic N) is 4.